The Labute approximate surface area is 165 Å². The molecule has 4 aromatic rings. The fraction of sp³-hybridized carbons (Fsp3) is 0.158. The second-order valence-electron chi connectivity index (χ2n) is 5.97. The average Bonchev–Trinajstić information content (AvgIpc) is 3.46. The zero-order valence-electron chi connectivity index (χ0n) is 15.6. The number of benzene rings is 1. The minimum Gasteiger partial charge on any atom is -0.497 e. The third-order valence-corrected chi connectivity index (χ3v) is 4.05. The highest BCUT2D eigenvalue weighted by Crippen LogP contribution is 2.24. The summed E-state index contributed by atoms with van der Waals surface area (Å²) in [5.74, 6) is 1.22. The Bertz CT molecular complexity index is 1090. The highest BCUT2D eigenvalue weighted by Gasteiger charge is 2.20. The summed E-state index contributed by atoms with van der Waals surface area (Å²) in [5.41, 5.74) is 1.02. The zero-order valence-corrected chi connectivity index (χ0v) is 15.6. The molecule has 146 valence electrons. The van der Waals surface area contributed by atoms with Crippen molar-refractivity contribution in [2.75, 3.05) is 7.11 Å². The zero-order chi connectivity index (χ0) is 20.2. The molecular weight excluding hydrogens is 376 g/mol. The number of ether oxygens (including phenoxy) is 2. The number of hydrogen-bond acceptors (Lipinski definition) is 9. The predicted octanol–water partition coefficient (Wildman–Crippen LogP) is 2.64. The first-order valence-electron chi connectivity index (χ1n) is 8.64. The van der Waals surface area contributed by atoms with E-state index in [4.69, 9.17) is 13.9 Å². The molecule has 10 heteroatoms. The van der Waals surface area contributed by atoms with Gasteiger partial charge in [-0.1, -0.05) is 0 Å². The summed E-state index contributed by atoms with van der Waals surface area (Å²) < 4.78 is 17.7. The van der Waals surface area contributed by atoms with E-state index < -0.39 is 12.1 Å². The first kappa shape index (κ1) is 18.3. The molecule has 0 unspecified atom stereocenters. The monoisotopic (exact) mass is 392 g/mol. The van der Waals surface area contributed by atoms with E-state index >= 15 is 0 Å². The van der Waals surface area contributed by atoms with Gasteiger partial charge in [0.15, 0.2) is 11.9 Å². The largest absolute Gasteiger partial charge is 0.497 e. The van der Waals surface area contributed by atoms with Crippen LogP contribution in [0.25, 0.3) is 17.3 Å². The van der Waals surface area contributed by atoms with Gasteiger partial charge >= 0.3 is 5.97 Å². The van der Waals surface area contributed by atoms with Crippen molar-refractivity contribution in [3.63, 3.8) is 0 Å². The molecule has 4 rings (SSSR count). The number of carbonyl (C=O) groups is 1. The minimum atomic E-state index is -0.725. The fourth-order valence-electron chi connectivity index (χ4n) is 2.50. The summed E-state index contributed by atoms with van der Waals surface area (Å²) >= 11 is 0. The lowest BCUT2D eigenvalue weighted by Crippen LogP contribution is -2.10. The van der Waals surface area contributed by atoms with Gasteiger partial charge in [0, 0.05) is 11.8 Å². The van der Waals surface area contributed by atoms with Crippen molar-refractivity contribution >= 4 is 5.97 Å². The van der Waals surface area contributed by atoms with E-state index in [-0.39, 0.29) is 11.5 Å². The SMILES string of the molecule is COc1ccc(-c2nnc([C@H](C)OC(=O)c3ccc(-n4cncn4)nc3)o2)cc1. The molecular formula is C19H16N6O4. The molecule has 29 heavy (non-hydrogen) atoms. The Hall–Kier alpha value is -4.08. The number of esters is 1. The van der Waals surface area contributed by atoms with Gasteiger partial charge in [-0.05, 0) is 43.3 Å². The molecule has 0 saturated heterocycles. The maximum absolute atomic E-state index is 12.4. The van der Waals surface area contributed by atoms with E-state index in [1.807, 2.05) is 0 Å². The number of pyridine rings is 1. The van der Waals surface area contributed by atoms with Crippen LogP contribution in [0.15, 0.2) is 59.7 Å². The Kier molecular flexibility index (Phi) is 4.97. The van der Waals surface area contributed by atoms with Crippen LogP contribution < -0.4 is 4.74 Å². The van der Waals surface area contributed by atoms with Crippen LogP contribution in [0.2, 0.25) is 0 Å². The lowest BCUT2D eigenvalue weighted by molar-refractivity contribution is 0.0279. The van der Waals surface area contributed by atoms with Gasteiger partial charge in [0.05, 0.1) is 12.7 Å². The molecule has 1 aromatic carbocycles. The molecule has 0 amide bonds. The molecule has 0 radical (unpaired) electrons. The molecule has 10 nitrogen and oxygen atoms in total. The van der Waals surface area contributed by atoms with Gasteiger partial charge in [-0.15, -0.1) is 10.2 Å². The molecule has 0 bridgehead atoms. The van der Waals surface area contributed by atoms with Gasteiger partial charge < -0.3 is 13.9 Å². The molecule has 0 aliphatic carbocycles. The number of methoxy groups -OCH3 is 1. The first-order valence-corrected chi connectivity index (χ1v) is 8.64. The number of nitrogens with zero attached hydrogens (tertiary/aromatic N) is 6. The van der Waals surface area contributed by atoms with Crippen LogP contribution in [0.5, 0.6) is 5.75 Å². The van der Waals surface area contributed by atoms with E-state index in [2.05, 4.69) is 25.3 Å². The molecule has 3 heterocycles. The van der Waals surface area contributed by atoms with E-state index in [0.29, 0.717) is 11.7 Å². The molecule has 0 aliphatic rings. The van der Waals surface area contributed by atoms with E-state index in [9.17, 15) is 4.79 Å². The lowest BCUT2D eigenvalue weighted by Gasteiger charge is -2.09. The van der Waals surface area contributed by atoms with Crippen molar-refractivity contribution < 1.29 is 18.7 Å². The van der Waals surface area contributed by atoms with Crippen molar-refractivity contribution in [3.05, 3.63) is 66.7 Å². The third kappa shape index (κ3) is 3.95. The lowest BCUT2D eigenvalue weighted by atomic mass is 10.2. The normalized spacial score (nSPS) is 11.8. The van der Waals surface area contributed by atoms with Gasteiger partial charge in [0.1, 0.15) is 18.4 Å². The summed E-state index contributed by atoms with van der Waals surface area (Å²) in [6.07, 6.45) is 3.59. The highest BCUT2D eigenvalue weighted by molar-refractivity contribution is 5.89. The van der Waals surface area contributed by atoms with Gasteiger partial charge in [-0.25, -0.2) is 19.4 Å². The Morgan fingerprint density at radius 3 is 2.62 bits per heavy atom. The van der Waals surface area contributed by atoms with Crippen LogP contribution in [0.1, 0.15) is 29.3 Å². The highest BCUT2D eigenvalue weighted by atomic mass is 16.6. The minimum absolute atomic E-state index is 0.191. The maximum atomic E-state index is 12.4. The van der Waals surface area contributed by atoms with Crippen molar-refractivity contribution in [2.24, 2.45) is 0 Å². The molecule has 0 spiro atoms. The van der Waals surface area contributed by atoms with Gasteiger partial charge in [0.25, 0.3) is 5.89 Å². The maximum Gasteiger partial charge on any atom is 0.340 e. The second kappa shape index (κ2) is 7.89. The molecule has 0 fully saturated rings. The van der Waals surface area contributed by atoms with E-state index in [1.54, 1.807) is 50.4 Å². The summed E-state index contributed by atoms with van der Waals surface area (Å²) in [6, 6.07) is 10.4. The van der Waals surface area contributed by atoms with Crippen molar-refractivity contribution in [3.8, 4) is 23.0 Å². The Balaban J connectivity index is 1.43. The summed E-state index contributed by atoms with van der Waals surface area (Å²) in [5, 5.41) is 12.0. The number of hydrogen-bond donors (Lipinski definition) is 0. The fourth-order valence-corrected chi connectivity index (χ4v) is 2.50. The van der Waals surface area contributed by atoms with E-state index in [0.717, 1.165) is 11.3 Å². The van der Waals surface area contributed by atoms with Crippen LogP contribution in [-0.2, 0) is 4.74 Å². The standard InChI is InChI=1S/C19H16N6O4/c1-12(17-23-24-18(29-17)13-3-6-15(27-2)7-4-13)28-19(26)14-5-8-16(21-9-14)25-11-20-10-22-25/h3-12H,1-2H3/t12-/m0/s1. The summed E-state index contributed by atoms with van der Waals surface area (Å²) in [4.78, 5) is 20.4. The van der Waals surface area contributed by atoms with Crippen LogP contribution in [0.3, 0.4) is 0 Å². The van der Waals surface area contributed by atoms with Crippen molar-refractivity contribution in [2.45, 2.75) is 13.0 Å². The molecule has 1 atom stereocenters. The van der Waals surface area contributed by atoms with Crippen molar-refractivity contribution in [1.82, 2.24) is 29.9 Å². The molecule has 0 saturated carbocycles. The van der Waals surface area contributed by atoms with Gasteiger partial charge in [0.2, 0.25) is 5.89 Å². The van der Waals surface area contributed by atoms with E-state index in [1.165, 1.54) is 23.5 Å². The molecule has 3 aromatic heterocycles. The first-order chi connectivity index (χ1) is 14.1. The smallest absolute Gasteiger partial charge is 0.340 e. The number of rotatable bonds is 6. The van der Waals surface area contributed by atoms with Gasteiger partial charge in [-0.3, -0.25) is 0 Å². The molecule has 0 aliphatic heterocycles. The number of carbonyl (C=O) groups excluding carboxylic acids is 1. The predicted molar refractivity (Wildman–Crippen MR) is 99.3 cm³/mol. The quantitative estimate of drug-likeness (QED) is 0.456. The summed E-state index contributed by atoms with van der Waals surface area (Å²) in [6.45, 7) is 1.65. The third-order valence-electron chi connectivity index (χ3n) is 4.05. The van der Waals surface area contributed by atoms with Crippen LogP contribution in [0.4, 0.5) is 0 Å². The Morgan fingerprint density at radius 1 is 1.14 bits per heavy atom. The average molecular weight is 392 g/mol. The number of aromatic nitrogens is 6. The van der Waals surface area contributed by atoms with Crippen LogP contribution >= 0.6 is 0 Å². The Morgan fingerprint density at radius 2 is 1.97 bits per heavy atom. The topological polar surface area (TPSA) is 118 Å². The second-order valence-corrected chi connectivity index (χ2v) is 5.97. The van der Waals surface area contributed by atoms with Crippen LogP contribution in [0, 0.1) is 0 Å². The van der Waals surface area contributed by atoms with Crippen LogP contribution in [-0.4, -0.2) is 43.0 Å². The summed E-state index contributed by atoms with van der Waals surface area (Å²) in [7, 11) is 1.59. The van der Waals surface area contributed by atoms with Crippen molar-refractivity contribution in [1.29, 1.82) is 0 Å². The van der Waals surface area contributed by atoms with Gasteiger partial charge in [-0.2, -0.15) is 5.10 Å². The molecule has 0 N–H and O–H groups in total.